The Morgan fingerprint density at radius 3 is 2.62 bits per heavy atom. The molecule has 130 valence electrons. The lowest BCUT2D eigenvalue weighted by molar-refractivity contribution is -0.385. The third-order valence-electron chi connectivity index (χ3n) is 3.72. The van der Waals surface area contributed by atoms with Crippen LogP contribution in [0.5, 0.6) is 0 Å². The SMILES string of the molecule is CCn1cc(Br)c(CN(C)C(=O)C(C)n2cc([N+](=O)[O-])c(C)n2)n1. The Morgan fingerprint density at radius 1 is 1.46 bits per heavy atom. The fourth-order valence-electron chi connectivity index (χ4n) is 2.29. The van der Waals surface area contributed by atoms with Crippen LogP contribution in [0.25, 0.3) is 0 Å². The van der Waals surface area contributed by atoms with E-state index in [0.29, 0.717) is 6.54 Å². The molecule has 1 amide bonds. The number of aromatic nitrogens is 4. The lowest BCUT2D eigenvalue weighted by Crippen LogP contribution is -2.33. The maximum Gasteiger partial charge on any atom is 0.309 e. The molecule has 2 rings (SSSR count). The summed E-state index contributed by atoms with van der Waals surface area (Å²) >= 11 is 3.43. The van der Waals surface area contributed by atoms with E-state index in [1.54, 1.807) is 25.6 Å². The molecule has 0 aliphatic heterocycles. The standard InChI is InChI=1S/C14H19BrN6O3/c1-5-19-6-11(15)12(17-19)7-18(4)14(22)10(3)20-8-13(21(23)24)9(2)16-20/h6,8,10H,5,7H2,1-4H3. The fraction of sp³-hybridized carbons (Fsp3) is 0.500. The average Bonchev–Trinajstić information content (AvgIpc) is 3.09. The number of likely N-dealkylation sites (N-methyl/N-ethyl adjacent to an activating group) is 1. The van der Waals surface area contributed by atoms with Gasteiger partial charge in [-0.15, -0.1) is 0 Å². The topological polar surface area (TPSA) is 99.1 Å². The number of nitrogens with zero attached hydrogens (tertiary/aromatic N) is 6. The van der Waals surface area contributed by atoms with Crippen molar-refractivity contribution < 1.29 is 9.72 Å². The van der Waals surface area contributed by atoms with Gasteiger partial charge in [0.2, 0.25) is 5.91 Å². The van der Waals surface area contributed by atoms with E-state index in [2.05, 4.69) is 26.1 Å². The molecule has 0 aromatic carbocycles. The summed E-state index contributed by atoms with van der Waals surface area (Å²) in [4.78, 5) is 24.5. The molecule has 24 heavy (non-hydrogen) atoms. The van der Waals surface area contributed by atoms with Crippen molar-refractivity contribution in [2.75, 3.05) is 7.05 Å². The number of rotatable bonds is 6. The first-order valence-electron chi connectivity index (χ1n) is 7.41. The maximum absolute atomic E-state index is 12.6. The monoisotopic (exact) mass is 398 g/mol. The van der Waals surface area contributed by atoms with Gasteiger partial charge in [-0.1, -0.05) is 0 Å². The molecule has 1 unspecified atom stereocenters. The maximum atomic E-state index is 12.6. The molecule has 10 heteroatoms. The normalized spacial score (nSPS) is 12.2. The summed E-state index contributed by atoms with van der Waals surface area (Å²) in [6, 6.07) is -0.644. The zero-order valence-corrected chi connectivity index (χ0v) is 15.5. The van der Waals surface area contributed by atoms with Crippen molar-refractivity contribution in [3.8, 4) is 0 Å². The number of hydrogen-bond donors (Lipinski definition) is 0. The average molecular weight is 399 g/mol. The summed E-state index contributed by atoms with van der Waals surface area (Å²) < 4.78 is 3.94. The van der Waals surface area contributed by atoms with Crippen molar-refractivity contribution in [2.45, 2.75) is 39.9 Å². The minimum Gasteiger partial charge on any atom is -0.338 e. The van der Waals surface area contributed by atoms with Crippen LogP contribution < -0.4 is 0 Å². The van der Waals surface area contributed by atoms with E-state index in [1.807, 2.05) is 13.1 Å². The van der Waals surface area contributed by atoms with Crippen LogP contribution in [-0.2, 0) is 17.9 Å². The fourth-order valence-corrected chi connectivity index (χ4v) is 2.73. The molecule has 2 heterocycles. The van der Waals surface area contributed by atoms with Gasteiger partial charge in [0.25, 0.3) is 0 Å². The van der Waals surface area contributed by atoms with Gasteiger partial charge in [-0.3, -0.25) is 24.3 Å². The zero-order chi connectivity index (χ0) is 18.0. The molecular weight excluding hydrogens is 380 g/mol. The van der Waals surface area contributed by atoms with Crippen LogP contribution in [0.15, 0.2) is 16.9 Å². The quantitative estimate of drug-likeness (QED) is 0.548. The van der Waals surface area contributed by atoms with Crippen molar-refractivity contribution in [3.63, 3.8) is 0 Å². The van der Waals surface area contributed by atoms with Crippen LogP contribution >= 0.6 is 15.9 Å². The largest absolute Gasteiger partial charge is 0.338 e. The molecule has 0 aliphatic carbocycles. The number of carbonyl (C=O) groups excluding carboxylic acids is 1. The molecule has 0 saturated heterocycles. The zero-order valence-electron chi connectivity index (χ0n) is 13.9. The van der Waals surface area contributed by atoms with E-state index >= 15 is 0 Å². The highest BCUT2D eigenvalue weighted by Gasteiger charge is 2.25. The van der Waals surface area contributed by atoms with Gasteiger partial charge in [0.15, 0.2) is 0 Å². The minimum absolute atomic E-state index is 0.0956. The van der Waals surface area contributed by atoms with Gasteiger partial charge < -0.3 is 4.90 Å². The summed E-state index contributed by atoms with van der Waals surface area (Å²) in [5.74, 6) is -0.203. The van der Waals surface area contributed by atoms with Crippen molar-refractivity contribution in [1.29, 1.82) is 0 Å². The second-order valence-electron chi connectivity index (χ2n) is 5.49. The van der Waals surface area contributed by atoms with E-state index in [-0.39, 0.29) is 17.3 Å². The van der Waals surface area contributed by atoms with Crippen LogP contribution in [0.2, 0.25) is 0 Å². The predicted molar refractivity (Wildman–Crippen MR) is 90.4 cm³/mol. The third-order valence-corrected chi connectivity index (χ3v) is 4.38. The first-order valence-corrected chi connectivity index (χ1v) is 8.20. The minimum atomic E-state index is -0.644. The van der Waals surface area contributed by atoms with Crippen LogP contribution in [0.1, 0.15) is 31.3 Å². The summed E-state index contributed by atoms with van der Waals surface area (Å²) in [6.07, 6.45) is 3.14. The summed E-state index contributed by atoms with van der Waals surface area (Å²) in [5, 5.41) is 19.4. The molecule has 2 aromatic rings. The van der Waals surface area contributed by atoms with Gasteiger partial charge in [0, 0.05) is 19.8 Å². The number of nitro groups is 1. The van der Waals surface area contributed by atoms with Gasteiger partial charge in [-0.2, -0.15) is 10.2 Å². The Bertz CT molecular complexity index is 769. The molecule has 2 aromatic heterocycles. The molecule has 0 N–H and O–H groups in total. The first-order chi connectivity index (χ1) is 11.2. The number of aryl methyl sites for hydroxylation is 2. The number of amides is 1. The highest BCUT2D eigenvalue weighted by Crippen LogP contribution is 2.21. The van der Waals surface area contributed by atoms with E-state index in [4.69, 9.17) is 0 Å². The predicted octanol–water partition coefficient (Wildman–Crippen LogP) is 2.30. The molecule has 0 radical (unpaired) electrons. The Kier molecular flexibility index (Phi) is 5.37. The summed E-state index contributed by atoms with van der Waals surface area (Å²) in [5.41, 5.74) is 0.941. The molecule has 9 nitrogen and oxygen atoms in total. The third kappa shape index (κ3) is 3.64. The lowest BCUT2D eigenvalue weighted by Gasteiger charge is -2.20. The van der Waals surface area contributed by atoms with Crippen LogP contribution in [0.4, 0.5) is 5.69 Å². The van der Waals surface area contributed by atoms with E-state index in [9.17, 15) is 14.9 Å². The molecule has 1 atom stereocenters. The first kappa shape index (κ1) is 18.1. The molecular formula is C14H19BrN6O3. The smallest absolute Gasteiger partial charge is 0.309 e. The molecule has 0 saturated carbocycles. The van der Waals surface area contributed by atoms with Crippen LogP contribution in [-0.4, -0.2) is 42.3 Å². The van der Waals surface area contributed by atoms with E-state index in [0.717, 1.165) is 16.7 Å². The molecule has 0 spiro atoms. The number of carbonyl (C=O) groups is 1. The Balaban J connectivity index is 2.13. The van der Waals surface area contributed by atoms with Crippen LogP contribution in [0, 0.1) is 17.0 Å². The lowest BCUT2D eigenvalue weighted by atomic mass is 10.3. The van der Waals surface area contributed by atoms with E-state index < -0.39 is 11.0 Å². The highest BCUT2D eigenvalue weighted by atomic mass is 79.9. The number of hydrogen-bond acceptors (Lipinski definition) is 5. The van der Waals surface area contributed by atoms with Crippen molar-refractivity contribution in [3.05, 3.63) is 38.4 Å². The van der Waals surface area contributed by atoms with Crippen molar-refractivity contribution in [2.24, 2.45) is 0 Å². The summed E-state index contributed by atoms with van der Waals surface area (Å²) in [6.45, 7) is 6.26. The number of halogens is 1. The van der Waals surface area contributed by atoms with Gasteiger partial charge in [0.05, 0.1) is 21.6 Å². The highest BCUT2D eigenvalue weighted by molar-refractivity contribution is 9.10. The van der Waals surface area contributed by atoms with Gasteiger partial charge in [-0.25, -0.2) is 0 Å². The van der Waals surface area contributed by atoms with Gasteiger partial charge in [-0.05, 0) is 36.7 Å². The van der Waals surface area contributed by atoms with Gasteiger partial charge in [0.1, 0.15) is 17.9 Å². The Labute approximate surface area is 147 Å². The summed E-state index contributed by atoms with van der Waals surface area (Å²) in [7, 11) is 1.67. The second kappa shape index (κ2) is 7.12. The molecule has 0 aliphatic rings. The second-order valence-corrected chi connectivity index (χ2v) is 6.34. The van der Waals surface area contributed by atoms with Crippen molar-refractivity contribution >= 4 is 27.5 Å². The Hall–Kier alpha value is -2.23. The Morgan fingerprint density at radius 2 is 2.12 bits per heavy atom. The van der Waals surface area contributed by atoms with E-state index in [1.165, 1.54) is 15.8 Å². The molecule has 0 bridgehead atoms. The van der Waals surface area contributed by atoms with Crippen molar-refractivity contribution in [1.82, 2.24) is 24.5 Å². The molecule has 0 fully saturated rings. The van der Waals surface area contributed by atoms with Crippen LogP contribution in [0.3, 0.4) is 0 Å². The van der Waals surface area contributed by atoms with Gasteiger partial charge >= 0.3 is 5.69 Å².